The van der Waals surface area contributed by atoms with Crippen molar-refractivity contribution in [1.29, 1.82) is 0 Å². The van der Waals surface area contributed by atoms with Crippen LogP contribution in [0.3, 0.4) is 0 Å². The molecule has 0 aromatic rings. The lowest BCUT2D eigenvalue weighted by Gasteiger charge is -2.23. The van der Waals surface area contributed by atoms with Crippen molar-refractivity contribution in [3.05, 3.63) is 0 Å². The fourth-order valence-electron chi connectivity index (χ4n) is 0.612. The molecule has 0 fully saturated rings. The second kappa shape index (κ2) is 4.24. The molecule has 0 aliphatic carbocycles. The van der Waals surface area contributed by atoms with Gasteiger partial charge in [-0.25, -0.2) is 0 Å². The Morgan fingerprint density at radius 1 is 1.40 bits per heavy atom. The van der Waals surface area contributed by atoms with Crippen molar-refractivity contribution in [2.24, 2.45) is 0 Å². The molecular weight excluding hydrogens is 151 g/mol. The lowest BCUT2D eigenvalue weighted by atomic mass is 10.2. The summed E-state index contributed by atoms with van der Waals surface area (Å²) in [5.41, 5.74) is 0. The average Bonchev–Trinajstić information content (AvgIpc) is 1.84. The molecule has 0 aliphatic heterocycles. The van der Waals surface area contributed by atoms with Gasteiger partial charge in [0, 0.05) is 0 Å². The molecule has 0 aliphatic rings. The van der Waals surface area contributed by atoms with Crippen LogP contribution in [0.4, 0.5) is 0 Å². The highest BCUT2D eigenvalue weighted by atomic mass is 31.2. The van der Waals surface area contributed by atoms with Gasteiger partial charge in [0.1, 0.15) is 5.34 Å². The lowest BCUT2D eigenvalue weighted by Crippen LogP contribution is -2.20. The van der Waals surface area contributed by atoms with Crippen LogP contribution >= 0.6 is 8.38 Å². The first-order chi connectivity index (χ1) is 4.50. The topological polar surface area (TPSA) is 60.7 Å². The molecule has 10 heavy (non-hydrogen) atoms. The number of aliphatic hydroxyl groups is 1. The second-order valence-corrected chi connectivity index (χ2v) is 4.15. The van der Waals surface area contributed by atoms with E-state index in [2.05, 4.69) is 0 Å². The minimum absolute atomic E-state index is 0.461. The summed E-state index contributed by atoms with van der Waals surface area (Å²) in [5, 5.41) is 7.98. The van der Waals surface area contributed by atoms with Gasteiger partial charge in [0.25, 0.3) is 0 Å². The van der Waals surface area contributed by atoms with E-state index >= 15 is 0 Å². The van der Waals surface area contributed by atoms with E-state index in [9.17, 15) is 5.11 Å². The van der Waals surface area contributed by atoms with Gasteiger partial charge >= 0.3 is 0 Å². The third-order valence-electron chi connectivity index (χ3n) is 1.43. The van der Waals surface area contributed by atoms with Crippen LogP contribution in [0.1, 0.15) is 33.1 Å². The quantitative estimate of drug-likeness (QED) is 0.549. The fraction of sp³-hybridized carbons (Fsp3) is 1.00. The van der Waals surface area contributed by atoms with Gasteiger partial charge < -0.3 is 14.9 Å². The Bertz CT molecular complexity index is 93.0. The highest BCUT2D eigenvalue weighted by Crippen LogP contribution is 2.42. The molecule has 4 heteroatoms. The maximum absolute atomic E-state index is 9.25. The van der Waals surface area contributed by atoms with Crippen molar-refractivity contribution >= 4 is 8.38 Å². The van der Waals surface area contributed by atoms with E-state index in [-0.39, 0.29) is 0 Å². The Morgan fingerprint density at radius 2 is 1.90 bits per heavy atom. The zero-order valence-corrected chi connectivity index (χ0v) is 7.30. The van der Waals surface area contributed by atoms with Crippen LogP contribution in [-0.2, 0) is 0 Å². The van der Waals surface area contributed by atoms with Crippen molar-refractivity contribution in [3.63, 3.8) is 0 Å². The molecule has 3 N–H and O–H groups in total. The van der Waals surface area contributed by atoms with Crippen molar-refractivity contribution < 1.29 is 14.9 Å². The number of rotatable bonds is 4. The molecule has 0 aromatic heterocycles. The van der Waals surface area contributed by atoms with Gasteiger partial charge in [-0.3, -0.25) is 0 Å². The van der Waals surface area contributed by atoms with Crippen LogP contribution in [0.25, 0.3) is 0 Å². The highest BCUT2D eigenvalue weighted by molar-refractivity contribution is 7.46. The van der Waals surface area contributed by atoms with Crippen molar-refractivity contribution in [2.45, 2.75) is 38.5 Å². The average molecular weight is 166 g/mol. The SMILES string of the molecule is CCCCC(C)(O)P(O)O. The maximum atomic E-state index is 9.25. The molecule has 0 amide bonds. The summed E-state index contributed by atoms with van der Waals surface area (Å²) in [6.45, 7) is 3.45. The molecule has 62 valence electrons. The van der Waals surface area contributed by atoms with Crippen LogP contribution in [0.5, 0.6) is 0 Å². The minimum Gasteiger partial charge on any atom is -0.381 e. The first kappa shape index (κ1) is 10.3. The van der Waals surface area contributed by atoms with E-state index in [1.54, 1.807) is 0 Å². The smallest absolute Gasteiger partial charge is 0.198 e. The molecule has 1 atom stereocenters. The van der Waals surface area contributed by atoms with E-state index in [1.807, 2.05) is 6.92 Å². The van der Waals surface area contributed by atoms with Gasteiger partial charge in [0.15, 0.2) is 8.38 Å². The molecule has 0 rings (SSSR count). The largest absolute Gasteiger partial charge is 0.381 e. The molecular formula is C6H15O3P. The van der Waals surface area contributed by atoms with Crippen LogP contribution in [-0.4, -0.2) is 20.2 Å². The highest BCUT2D eigenvalue weighted by Gasteiger charge is 2.28. The van der Waals surface area contributed by atoms with Gasteiger partial charge in [-0.1, -0.05) is 19.8 Å². The van der Waals surface area contributed by atoms with Gasteiger partial charge in [-0.15, -0.1) is 0 Å². The second-order valence-electron chi connectivity index (χ2n) is 2.61. The maximum Gasteiger partial charge on any atom is 0.198 e. The van der Waals surface area contributed by atoms with Gasteiger partial charge in [-0.2, -0.15) is 0 Å². The van der Waals surface area contributed by atoms with Gasteiger partial charge in [0.2, 0.25) is 0 Å². The summed E-state index contributed by atoms with van der Waals surface area (Å²) in [6, 6.07) is 0. The first-order valence-electron chi connectivity index (χ1n) is 3.41. The Labute approximate surface area is 62.6 Å². The van der Waals surface area contributed by atoms with E-state index < -0.39 is 13.7 Å². The van der Waals surface area contributed by atoms with Crippen LogP contribution < -0.4 is 0 Å². The molecule has 0 saturated heterocycles. The van der Waals surface area contributed by atoms with E-state index in [0.717, 1.165) is 12.8 Å². The lowest BCUT2D eigenvalue weighted by molar-refractivity contribution is 0.115. The summed E-state index contributed by atoms with van der Waals surface area (Å²) >= 11 is 0. The monoisotopic (exact) mass is 166 g/mol. The molecule has 0 spiro atoms. The third-order valence-corrected chi connectivity index (χ3v) is 2.52. The molecule has 0 radical (unpaired) electrons. The van der Waals surface area contributed by atoms with E-state index in [4.69, 9.17) is 9.79 Å². The molecule has 0 aromatic carbocycles. The first-order valence-corrected chi connectivity index (χ1v) is 4.66. The molecule has 3 nitrogen and oxygen atoms in total. The molecule has 0 saturated carbocycles. The Morgan fingerprint density at radius 3 is 2.20 bits per heavy atom. The minimum atomic E-state index is -2.20. The van der Waals surface area contributed by atoms with Crippen LogP contribution in [0, 0.1) is 0 Å². The van der Waals surface area contributed by atoms with Crippen molar-refractivity contribution in [1.82, 2.24) is 0 Å². The Kier molecular flexibility index (Phi) is 4.37. The van der Waals surface area contributed by atoms with Crippen molar-refractivity contribution in [3.8, 4) is 0 Å². The summed E-state index contributed by atoms with van der Waals surface area (Å²) in [7, 11) is -2.20. The molecule has 0 bridgehead atoms. The summed E-state index contributed by atoms with van der Waals surface area (Å²) < 4.78 is 0. The molecule has 0 heterocycles. The summed E-state index contributed by atoms with van der Waals surface area (Å²) in [6.07, 6.45) is 2.24. The predicted molar refractivity (Wildman–Crippen MR) is 41.5 cm³/mol. The fourth-order valence-corrected chi connectivity index (χ4v) is 0.970. The zero-order chi connectivity index (χ0) is 8.20. The van der Waals surface area contributed by atoms with Crippen LogP contribution in [0.15, 0.2) is 0 Å². The third kappa shape index (κ3) is 3.47. The number of hydrogen-bond acceptors (Lipinski definition) is 3. The normalized spacial score (nSPS) is 17.4. The van der Waals surface area contributed by atoms with E-state index in [0.29, 0.717) is 6.42 Å². The van der Waals surface area contributed by atoms with Crippen molar-refractivity contribution in [2.75, 3.05) is 0 Å². The van der Waals surface area contributed by atoms with Crippen LogP contribution in [0.2, 0.25) is 0 Å². The Balaban J connectivity index is 3.63. The zero-order valence-electron chi connectivity index (χ0n) is 6.41. The van der Waals surface area contributed by atoms with E-state index in [1.165, 1.54) is 6.92 Å². The number of unbranched alkanes of at least 4 members (excludes halogenated alkanes) is 1. The summed E-state index contributed by atoms with van der Waals surface area (Å²) in [5.74, 6) is 0. The van der Waals surface area contributed by atoms with Gasteiger partial charge in [0.05, 0.1) is 0 Å². The van der Waals surface area contributed by atoms with Gasteiger partial charge in [-0.05, 0) is 13.3 Å². The molecule has 1 unspecified atom stereocenters. The summed E-state index contributed by atoms with van der Waals surface area (Å²) in [4.78, 5) is 17.4. The standard InChI is InChI=1S/C6H15O3P/c1-3-4-5-6(2,7)10(8)9/h7-9H,3-5H2,1-2H3. The number of hydrogen-bond donors (Lipinski definition) is 3. The Hall–Kier alpha value is 0.310. The predicted octanol–water partition coefficient (Wildman–Crippen LogP) is 1.18.